The minimum Gasteiger partial charge on any atom is -0.496 e. The Labute approximate surface area is 157 Å². The molecule has 0 radical (unpaired) electrons. The number of methoxy groups -OCH3 is 4. The van der Waals surface area contributed by atoms with Gasteiger partial charge in [-0.05, 0) is 12.1 Å². The Balaban J connectivity index is 2.17. The fourth-order valence-corrected chi connectivity index (χ4v) is 2.89. The van der Waals surface area contributed by atoms with Crippen LogP contribution < -0.4 is 24.3 Å². The fraction of sp³-hybridized carbons (Fsp3) is 0.250. The standard InChI is InChI=1S/C20H21NO6/c1-23-12-9-16(24-2)19(17(10-12)25-3)20-14(11-18(22)26-4)21-13-7-5-6-8-15(13)27-20/h5-11,20-21H,1-4H3/b14-11-. The van der Waals surface area contributed by atoms with Gasteiger partial charge in [0.15, 0.2) is 6.10 Å². The molecule has 1 N–H and O–H groups in total. The zero-order valence-electron chi connectivity index (χ0n) is 15.6. The predicted molar refractivity (Wildman–Crippen MR) is 99.6 cm³/mol. The Morgan fingerprint density at radius 1 is 1.04 bits per heavy atom. The highest BCUT2D eigenvalue weighted by atomic mass is 16.5. The maximum atomic E-state index is 11.9. The Hall–Kier alpha value is -3.35. The van der Waals surface area contributed by atoms with E-state index in [2.05, 4.69) is 5.32 Å². The van der Waals surface area contributed by atoms with Gasteiger partial charge in [-0.3, -0.25) is 0 Å². The van der Waals surface area contributed by atoms with E-state index in [4.69, 9.17) is 23.7 Å². The number of nitrogens with one attached hydrogen (secondary N) is 1. The first kappa shape index (κ1) is 18.4. The second kappa shape index (κ2) is 7.90. The Morgan fingerprint density at radius 2 is 1.70 bits per heavy atom. The van der Waals surface area contributed by atoms with Gasteiger partial charge in [0.05, 0.1) is 45.4 Å². The first-order chi connectivity index (χ1) is 13.1. The number of para-hydroxylation sites is 2. The molecule has 7 nitrogen and oxygen atoms in total. The topological polar surface area (TPSA) is 75.3 Å². The van der Waals surface area contributed by atoms with Crippen molar-refractivity contribution in [3.8, 4) is 23.0 Å². The van der Waals surface area contributed by atoms with E-state index in [1.807, 2.05) is 24.3 Å². The third-order valence-corrected chi connectivity index (χ3v) is 4.18. The second-order valence-corrected chi connectivity index (χ2v) is 5.69. The van der Waals surface area contributed by atoms with Gasteiger partial charge >= 0.3 is 5.97 Å². The molecule has 1 heterocycles. The Kier molecular flexibility index (Phi) is 5.40. The summed E-state index contributed by atoms with van der Waals surface area (Å²) in [5.41, 5.74) is 1.87. The number of hydrogen-bond donors (Lipinski definition) is 1. The van der Waals surface area contributed by atoms with Crippen LogP contribution in [-0.2, 0) is 9.53 Å². The van der Waals surface area contributed by atoms with E-state index in [-0.39, 0.29) is 0 Å². The number of carbonyl (C=O) groups is 1. The lowest BCUT2D eigenvalue weighted by Crippen LogP contribution is -2.24. The number of benzene rings is 2. The van der Waals surface area contributed by atoms with Crippen LogP contribution in [0.3, 0.4) is 0 Å². The van der Waals surface area contributed by atoms with Crippen molar-refractivity contribution >= 4 is 11.7 Å². The summed E-state index contributed by atoms with van der Waals surface area (Å²) in [6, 6.07) is 10.9. The van der Waals surface area contributed by atoms with Crippen molar-refractivity contribution in [2.45, 2.75) is 6.10 Å². The molecule has 1 atom stereocenters. The smallest absolute Gasteiger partial charge is 0.332 e. The van der Waals surface area contributed by atoms with Gasteiger partial charge in [0.1, 0.15) is 23.0 Å². The van der Waals surface area contributed by atoms with E-state index in [1.54, 1.807) is 33.5 Å². The summed E-state index contributed by atoms with van der Waals surface area (Å²) in [5, 5.41) is 3.23. The van der Waals surface area contributed by atoms with Gasteiger partial charge in [-0.15, -0.1) is 0 Å². The van der Waals surface area contributed by atoms with Gasteiger partial charge in [0.2, 0.25) is 0 Å². The quantitative estimate of drug-likeness (QED) is 0.638. The lowest BCUT2D eigenvalue weighted by molar-refractivity contribution is -0.134. The van der Waals surface area contributed by atoms with Crippen molar-refractivity contribution in [3.05, 3.63) is 53.7 Å². The van der Waals surface area contributed by atoms with Crippen molar-refractivity contribution in [1.82, 2.24) is 0 Å². The third kappa shape index (κ3) is 3.62. The number of anilines is 1. The van der Waals surface area contributed by atoms with Crippen LogP contribution in [0.25, 0.3) is 0 Å². The average Bonchev–Trinajstić information content (AvgIpc) is 2.72. The molecule has 0 spiro atoms. The molecule has 0 aliphatic carbocycles. The van der Waals surface area contributed by atoms with E-state index in [9.17, 15) is 4.79 Å². The molecular formula is C20H21NO6. The number of hydrogen-bond acceptors (Lipinski definition) is 7. The maximum absolute atomic E-state index is 11.9. The van der Waals surface area contributed by atoms with E-state index in [1.165, 1.54) is 13.2 Å². The highest BCUT2D eigenvalue weighted by Gasteiger charge is 2.32. The van der Waals surface area contributed by atoms with Crippen molar-refractivity contribution < 1.29 is 28.5 Å². The summed E-state index contributed by atoms with van der Waals surface area (Å²) in [6.07, 6.45) is 0.679. The molecule has 142 valence electrons. The monoisotopic (exact) mass is 371 g/mol. The zero-order chi connectivity index (χ0) is 19.4. The molecule has 0 amide bonds. The molecule has 0 saturated carbocycles. The molecule has 7 heteroatoms. The predicted octanol–water partition coefficient (Wildman–Crippen LogP) is 3.31. The minimum absolute atomic E-state index is 0.502. The highest BCUT2D eigenvalue weighted by Crippen LogP contribution is 2.46. The number of esters is 1. The molecule has 0 saturated heterocycles. The second-order valence-electron chi connectivity index (χ2n) is 5.69. The molecule has 3 rings (SSSR count). The lowest BCUT2D eigenvalue weighted by Gasteiger charge is -2.31. The molecule has 1 unspecified atom stereocenters. The van der Waals surface area contributed by atoms with Crippen LogP contribution in [0.2, 0.25) is 0 Å². The van der Waals surface area contributed by atoms with Crippen LogP contribution in [-0.4, -0.2) is 34.4 Å². The molecule has 0 fully saturated rings. The highest BCUT2D eigenvalue weighted by molar-refractivity contribution is 5.84. The van der Waals surface area contributed by atoms with Gasteiger partial charge in [-0.1, -0.05) is 12.1 Å². The first-order valence-corrected chi connectivity index (χ1v) is 8.23. The largest absolute Gasteiger partial charge is 0.496 e. The lowest BCUT2D eigenvalue weighted by atomic mass is 10.0. The molecule has 2 aromatic rings. The van der Waals surface area contributed by atoms with Crippen LogP contribution in [0.5, 0.6) is 23.0 Å². The minimum atomic E-state index is -0.671. The SMILES string of the molecule is COC(=O)/C=C1\Nc2ccccc2OC1c1c(OC)cc(OC)cc1OC. The summed E-state index contributed by atoms with van der Waals surface area (Å²) >= 11 is 0. The van der Waals surface area contributed by atoms with Crippen molar-refractivity contribution in [1.29, 1.82) is 0 Å². The zero-order valence-corrected chi connectivity index (χ0v) is 15.6. The van der Waals surface area contributed by atoms with E-state index < -0.39 is 12.1 Å². The van der Waals surface area contributed by atoms with Crippen LogP contribution >= 0.6 is 0 Å². The molecule has 1 aliphatic rings. The molecular weight excluding hydrogens is 350 g/mol. The van der Waals surface area contributed by atoms with Crippen LogP contribution in [0.4, 0.5) is 5.69 Å². The number of ether oxygens (including phenoxy) is 5. The summed E-state index contributed by atoms with van der Waals surface area (Å²) in [6.45, 7) is 0. The van der Waals surface area contributed by atoms with Crippen LogP contribution in [0.1, 0.15) is 11.7 Å². The van der Waals surface area contributed by atoms with Crippen LogP contribution in [0.15, 0.2) is 48.2 Å². The number of fused-ring (bicyclic) bond motifs is 1. The first-order valence-electron chi connectivity index (χ1n) is 8.23. The molecule has 27 heavy (non-hydrogen) atoms. The van der Waals surface area contributed by atoms with E-state index in [0.29, 0.717) is 34.3 Å². The molecule has 1 aliphatic heterocycles. The normalized spacial score (nSPS) is 16.6. The summed E-state index contributed by atoms with van der Waals surface area (Å²) in [4.78, 5) is 11.9. The number of carbonyl (C=O) groups excluding carboxylic acids is 1. The maximum Gasteiger partial charge on any atom is 0.332 e. The van der Waals surface area contributed by atoms with Gasteiger partial charge in [-0.2, -0.15) is 0 Å². The Morgan fingerprint density at radius 3 is 2.30 bits per heavy atom. The summed E-state index contributed by atoms with van der Waals surface area (Å²) in [7, 11) is 5.98. The molecule has 0 aromatic heterocycles. The van der Waals surface area contributed by atoms with Gasteiger partial charge in [0.25, 0.3) is 0 Å². The van der Waals surface area contributed by atoms with Crippen molar-refractivity contribution in [2.75, 3.05) is 33.8 Å². The fourth-order valence-electron chi connectivity index (χ4n) is 2.89. The van der Waals surface area contributed by atoms with E-state index in [0.717, 1.165) is 5.69 Å². The van der Waals surface area contributed by atoms with Crippen molar-refractivity contribution in [3.63, 3.8) is 0 Å². The summed E-state index contributed by atoms with van der Waals surface area (Å²) in [5.74, 6) is 1.73. The van der Waals surface area contributed by atoms with Gasteiger partial charge < -0.3 is 29.0 Å². The average molecular weight is 371 g/mol. The van der Waals surface area contributed by atoms with E-state index >= 15 is 0 Å². The number of rotatable bonds is 5. The van der Waals surface area contributed by atoms with Crippen LogP contribution in [0, 0.1) is 0 Å². The summed E-state index contributed by atoms with van der Waals surface area (Å²) < 4.78 is 27.4. The molecule has 2 aromatic carbocycles. The van der Waals surface area contributed by atoms with Crippen molar-refractivity contribution in [2.24, 2.45) is 0 Å². The Bertz CT molecular complexity index is 852. The van der Waals surface area contributed by atoms with Gasteiger partial charge in [0, 0.05) is 18.2 Å². The van der Waals surface area contributed by atoms with Gasteiger partial charge in [-0.25, -0.2) is 4.79 Å². The molecule has 0 bridgehead atoms. The third-order valence-electron chi connectivity index (χ3n) is 4.18.